The van der Waals surface area contributed by atoms with Crippen molar-refractivity contribution in [2.45, 2.75) is 24.3 Å². The van der Waals surface area contributed by atoms with Crippen molar-refractivity contribution in [3.8, 4) is 11.8 Å². The fourth-order valence-electron chi connectivity index (χ4n) is 2.94. The number of fused-ring (bicyclic) bond motifs is 1. The summed E-state index contributed by atoms with van der Waals surface area (Å²) in [6.07, 6.45) is -0.340. The Labute approximate surface area is 157 Å². The summed E-state index contributed by atoms with van der Waals surface area (Å²) in [5.41, 5.74) is 1.54. The van der Waals surface area contributed by atoms with E-state index in [2.05, 4.69) is 0 Å². The van der Waals surface area contributed by atoms with Crippen molar-refractivity contribution in [3.63, 3.8) is 0 Å². The van der Waals surface area contributed by atoms with Gasteiger partial charge in [-0.3, -0.25) is 4.31 Å². The average molecular weight is 386 g/mol. The van der Waals surface area contributed by atoms with E-state index < -0.39 is 22.1 Å². The van der Waals surface area contributed by atoms with Gasteiger partial charge in [-0.15, -0.1) is 0 Å². The normalized spacial score (nSPS) is 14.2. The number of sulfonamides is 1. The number of hydrogen-bond donors (Lipinski definition) is 0. The Morgan fingerprint density at radius 1 is 1.26 bits per heavy atom. The topological polar surface area (TPSA) is 96.7 Å². The molecule has 8 heteroatoms. The van der Waals surface area contributed by atoms with Crippen LogP contribution in [0.15, 0.2) is 47.4 Å². The molecule has 0 spiro atoms. The number of benzene rings is 2. The standard InChI is InChI=1S/C19H18N2O5S/c1-13(12-20)26-19(22)16-11-15(7-8-18(16)25-2)27(23,24)21-10-9-14-5-3-4-6-17(14)21/h3-8,11,13H,9-10H2,1-2H3/t13-/m1/s1. The minimum Gasteiger partial charge on any atom is -0.496 e. The lowest BCUT2D eigenvalue weighted by atomic mass is 10.2. The van der Waals surface area contributed by atoms with E-state index in [1.54, 1.807) is 18.2 Å². The Hall–Kier alpha value is -3.05. The largest absolute Gasteiger partial charge is 0.496 e. The third-order valence-electron chi connectivity index (χ3n) is 4.29. The highest BCUT2D eigenvalue weighted by Crippen LogP contribution is 2.34. The number of nitrogens with zero attached hydrogens (tertiary/aromatic N) is 2. The number of carbonyl (C=O) groups is 1. The Morgan fingerprint density at radius 2 is 2.00 bits per heavy atom. The van der Waals surface area contributed by atoms with Crippen LogP contribution in [0.5, 0.6) is 5.75 Å². The van der Waals surface area contributed by atoms with Gasteiger partial charge in [0.05, 0.1) is 17.7 Å². The van der Waals surface area contributed by atoms with Crippen molar-refractivity contribution in [2.75, 3.05) is 18.0 Å². The number of carbonyl (C=O) groups excluding carboxylic acids is 1. The number of ether oxygens (including phenoxy) is 2. The predicted octanol–water partition coefficient (Wildman–Crippen LogP) is 2.52. The summed E-state index contributed by atoms with van der Waals surface area (Å²) in [5, 5.41) is 8.82. The van der Waals surface area contributed by atoms with E-state index in [-0.39, 0.29) is 16.2 Å². The van der Waals surface area contributed by atoms with Gasteiger partial charge in [0, 0.05) is 6.54 Å². The van der Waals surface area contributed by atoms with E-state index in [9.17, 15) is 13.2 Å². The van der Waals surface area contributed by atoms with Gasteiger partial charge in [0.2, 0.25) is 0 Å². The molecule has 0 aliphatic carbocycles. The van der Waals surface area contributed by atoms with Crippen LogP contribution in [-0.2, 0) is 21.2 Å². The van der Waals surface area contributed by atoms with Crippen LogP contribution >= 0.6 is 0 Å². The Kier molecular flexibility index (Phi) is 5.06. The van der Waals surface area contributed by atoms with Crippen molar-refractivity contribution >= 4 is 21.7 Å². The molecule has 140 valence electrons. The molecule has 0 unspecified atom stereocenters. The highest BCUT2D eigenvalue weighted by molar-refractivity contribution is 7.92. The van der Waals surface area contributed by atoms with E-state index in [0.717, 1.165) is 5.56 Å². The molecule has 0 N–H and O–H groups in total. The number of para-hydroxylation sites is 1. The number of esters is 1. The minimum absolute atomic E-state index is 0.0448. The Bertz CT molecular complexity index is 1030. The lowest BCUT2D eigenvalue weighted by Crippen LogP contribution is -2.29. The van der Waals surface area contributed by atoms with Crippen molar-refractivity contribution in [2.24, 2.45) is 0 Å². The summed E-state index contributed by atoms with van der Waals surface area (Å²) >= 11 is 0. The molecule has 7 nitrogen and oxygen atoms in total. The quantitative estimate of drug-likeness (QED) is 0.733. The van der Waals surface area contributed by atoms with Gasteiger partial charge < -0.3 is 9.47 Å². The van der Waals surface area contributed by atoms with Gasteiger partial charge in [0.1, 0.15) is 17.4 Å². The first-order valence-electron chi connectivity index (χ1n) is 8.27. The first-order valence-corrected chi connectivity index (χ1v) is 9.71. The number of anilines is 1. The zero-order chi connectivity index (χ0) is 19.6. The first kappa shape index (κ1) is 18.7. The van der Waals surface area contributed by atoms with Gasteiger partial charge >= 0.3 is 5.97 Å². The van der Waals surface area contributed by atoms with Crippen LogP contribution in [0.3, 0.4) is 0 Å². The summed E-state index contributed by atoms with van der Waals surface area (Å²) in [6.45, 7) is 1.76. The number of rotatable bonds is 5. The lowest BCUT2D eigenvalue weighted by Gasteiger charge is -2.20. The third kappa shape index (κ3) is 3.46. The van der Waals surface area contributed by atoms with Crippen LogP contribution in [0.2, 0.25) is 0 Å². The maximum Gasteiger partial charge on any atom is 0.343 e. The summed E-state index contributed by atoms with van der Waals surface area (Å²) in [4.78, 5) is 12.3. The van der Waals surface area contributed by atoms with Gasteiger partial charge in [0.25, 0.3) is 10.0 Å². The van der Waals surface area contributed by atoms with Crippen LogP contribution in [0.25, 0.3) is 0 Å². The Balaban J connectivity index is 2.01. The van der Waals surface area contributed by atoms with Crippen molar-refractivity contribution in [3.05, 3.63) is 53.6 Å². The molecule has 0 bridgehead atoms. The summed E-state index contributed by atoms with van der Waals surface area (Å²) in [5.74, 6) is -0.648. The van der Waals surface area contributed by atoms with Gasteiger partial charge in [-0.05, 0) is 43.2 Å². The summed E-state index contributed by atoms with van der Waals surface area (Å²) in [6, 6.07) is 13.1. The molecule has 27 heavy (non-hydrogen) atoms. The smallest absolute Gasteiger partial charge is 0.343 e. The van der Waals surface area contributed by atoms with E-state index in [4.69, 9.17) is 14.7 Å². The molecule has 1 aliphatic heterocycles. The van der Waals surface area contributed by atoms with Crippen molar-refractivity contribution < 1.29 is 22.7 Å². The molecule has 3 rings (SSSR count). The van der Waals surface area contributed by atoms with Crippen LogP contribution < -0.4 is 9.04 Å². The van der Waals surface area contributed by atoms with E-state index in [0.29, 0.717) is 18.7 Å². The van der Waals surface area contributed by atoms with Gasteiger partial charge in [-0.25, -0.2) is 13.2 Å². The fraction of sp³-hybridized carbons (Fsp3) is 0.263. The predicted molar refractivity (Wildman–Crippen MR) is 98.2 cm³/mol. The zero-order valence-corrected chi connectivity index (χ0v) is 15.7. The monoisotopic (exact) mass is 386 g/mol. The summed E-state index contributed by atoms with van der Waals surface area (Å²) in [7, 11) is -2.50. The molecule has 0 radical (unpaired) electrons. The van der Waals surface area contributed by atoms with E-state index >= 15 is 0 Å². The maximum atomic E-state index is 13.1. The second-order valence-corrected chi connectivity index (χ2v) is 7.86. The van der Waals surface area contributed by atoms with Gasteiger partial charge in [0.15, 0.2) is 6.10 Å². The SMILES string of the molecule is COc1ccc(S(=O)(=O)N2CCc3ccccc32)cc1C(=O)O[C@H](C)C#N. The second-order valence-electron chi connectivity index (χ2n) is 5.99. The molecule has 2 aromatic rings. The Morgan fingerprint density at radius 3 is 2.70 bits per heavy atom. The highest BCUT2D eigenvalue weighted by Gasteiger charge is 2.32. The average Bonchev–Trinajstić information content (AvgIpc) is 3.12. The van der Waals surface area contributed by atoms with Gasteiger partial charge in [-0.2, -0.15) is 5.26 Å². The molecule has 0 aromatic heterocycles. The van der Waals surface area contributed by atoms with E-state index in [1.807, 2.05) is 12.1 Å². The molecule has 0 saturated heterocycles. The molecule has 0 fully saturated rings. The molecule has 0 amide bonds. The second kappa shape index (κ2) is 7.29. The molecule has 1 atom stereocenters. The minimum atomic E-state index is -3.86. The molecule has 1 aliphatic rings. The molecular formula is C19H18N2O5S. The van der Waals surface area contributed by atoms with Crippen molar-refractivity contribution in [1.82, 2.24) is 0 Å². The number of methoxy groups -OCH3 is 1. The van der Waals surface area contributed by atoms with Crippen LogP contribution in [-0.4, -0.2) is 34.1 Å². The van der Waals surface area contributed by atoms with Crippen LogP contribution in [0, 0.1) is 11.3 Å². The maximum absolute atomic E-state index is 13.1. The van der Waals surface area contributed by atoms with Crippen molar-refractivity contribution in [1.29, 1.82) is 5.26 Å². The zero-order valence-electron chi connectivity index (χ0n) is 14.9. The number of nitriles is 1. The molecule has 1 heterocycles. The fourth-order valence-corrected chi connectivity index (χ4v) is 4.47. The summed E-state index contributed by atoms with van der Waals surface area (Å²) < 4.78 is 37.7. The number of hydrogen-bond acceptors (Lipinski definition) is 6. The molecule has 2 aromatic carbocycles. The molecule has 0 saturated carbocycles. The lowest BCUT2D eigenvalue weighted by molar-refractivity contribution is 0.0431. The van der Waals surface area contributed by atoms with Gasteiger partial charge in [-0.1, -0.05) is 18.2 Å². The first-order chi connectivity index (χ1) is 12.9. The van der Waals surface area contributed by atoms with E-state index in [1.165, 1.54) is 36.5 Å². The third-order valence-corrected chi connectivity index (χ3v) is 6.10. The van der Waals surface area contributed by atoms with Crippen LogP contribution in [0.1, 0.15) is 22.8 Å². The molecular weight excluding hydrogens is 368 g/mol. The van der Waals surface area contributed by atoms with Crippen LogP contribution in [0.4, 0.5) is 5.69 Å². The highest BCUT2D eigenvalue weighted by atomic mass is 32.2.